The highest BCUT2D eigenvalue weighted by Crippen LogP contribution is 2.32. The van der Waals surface area contributed by atoms with E-state index in [1.807, 2.05) is 0 Å². The predicted octanol–water partition coefficient (Wildman–Crippen LogP) is 4.39. The van der Waals surface area contributed by atoms with Crippen LogP contribution in [0.5, 0.6) is 0 Å². The van der Waals surface area contributed by atoms with Crippen LogP contribution in [0.15, 0.2) is 18.2 Å². The molecule has 0 aliphatic rings. The molecular formula is C14H16F4O. The maximum absolute atomic E-state index is 13.1. The van der Waals surface area contributed by atoms with Crippen molar-refractivity contribution in [3.63, 3.8) is 0 Å². The molecule has 0 spiro atoms. The van der Waals surface area contributed by atoms with Gasteiger partial charge in [-0.1, -0.05) is 26.8 Å². The Morgan fingerprint density at radius 2 is 1.74 bits per heavy atom. The standard InChI is InChI=1S/C14H16F4O/c1-13(2,3)12(19)7-5-9-4-6-11(15)10(8-9)14(16,17)18/h4,6,8H,5,7H2,1-3H3. The van der Waals surface area contributed by atoms with Crippen molar-refractivity contribution in [3.8, 4) is 0 Å². The van der Waals surface area contributed by atoms with E-state index in [9.17, 15) is 22.4 Å². The van der Waals surface area contributed by atoms with E-state index in [0.29, 0.717) is 5.56 Å². The van der Waals surface area contributed by atoms with Gasteiger partial charge in [0.1, 0.15) is 11.6 Å². The Balaban J connectivity index is 2.85. The molecule has 0 heterocycles. The molecular weight excluding hydrogens is 260 g/mol. The van der Waals surface area contributed by atoms with Crippen molar-refractivity contribution >= 4 is 5.78 Å². The molecule has 0 aliphatic heterocycles. The van der Waals surface area contributed by atoms with Crippen molar-refractivity contribution in [2.24, 2.45) is 5.41 Å². The van der Waals surface area contributed by atoms with Gasteiger partial charge < -0.3 is 0 Å². The van der Waals surface area contributed by atoms with Gasteiger partial charge in [-0.3, -0.25) is 4.79 Å². The first-order chi connectivity index (χ1) is 8.51. The number of carbonyl (C=O) groups excluding carboxylic acids is 1. The third-order valence-corrected chi connectivity index (χ3v) is 2.81. The van der Waals surface area contributed by atoms with Crippen LogP contribution in [-0.2, 0) is 17.4 Å². The summed E-state index contributed by atoms with van der Waals surface area (Å²) in [7, 11) is 0. The second-order valence-corrected chi connectivity index (χ2v) is 5.49. The fourth-order valence-corrected chi connectivity index (χ4v) is 1.58. The number of alkyl halides is 3. The molecule has 0 fully saturated rings. The van der Waals surface area contributed by atoms with Gasteiger partial charge in [-0.15, -0.1) is 0 Å². The van der Waals surface area contributed by atoms with Gasteiger partial charge in [-0.05, 0) is 24.1 Å². The molecule has 106 valence electrons. The van der Waals surface area contributed by atoms with Crippen LogP contribution in [0.4, 0.5) is 17.6 Å². The Bertz CT molecular complexity index is 469. The highest BCUT2D eigenvalue weighted by molar-refractivity contribution is 5.83. The van der Waals surface area contributed by atoms with E-state index in [0.717, 1.165) is 12.1 Å². The molecule has 0 N–H and O–H groups in total. The number of ketones is 1. The Kier molecular flexibility index (Phi) is 4.38. The number of carbonyl (C=O) groups is 1. The summed E-state index contributed by atoms with van der Waals surface area (Å²) in [5, 5.41) is 0. The molecule has 5 heteroatoms. The Hall–Kier alpha value is -1.39. The van der Waals surface area contributed by atoms with Gasteiger partial charge in [0.15, 0.2) is 0 Å². The lowest BCUT2D eigenvalue weighted by atomic mass is 9.87. The number of hydrogen-bond acceptors (Lipinski definition) is 1. The Morgan fingerprint density at radius 3 is 2.21 bits per heavy atom. The van der Waals surface area contributed by atoms with Gasteiger partial charge in [0.2, 0.25) is 0 Å². The molecule has 1 nitrogen and oxygen atoms in total. The normalized spacial score (nSPS) is 12.6. The van der Waals surface area contributed by atoms with Crippen molar-refractivity contribution in [1.82, 2.24) is 0 Å². The van der Waals surface area contributed by atoms with Crippen LogP contribution >= 0.6 is 0 Å². The van der Waals surface area contributed by atoms with Crippen LogP contribution in [0.2, 0.25) is 0 Å². The second-order valence-electron chi connectivity index (χ2n) is 5.49. The fraction of sp³-hybridized carbons (Fsp3) is 0.500. The lowest BCUT2D eigenvalue weighted by Crippen LogP contribution is -2.20. The lowest BCUT2D eigenvalue weighted by Gasteiger charge is -2.16. The average Bonchev–Trinajstić information content (AvgIpc) is 2.24. The molecule has 1 rings (SSSR count). The zero-order valence-electron chi connectivity index (χ0n) is 11.1. The molecule has 0 atom stereocenters. The molecule has 0 saturated carbocycles. The first-order valence-electron chi connectivity index (χ1n) is 5.91. The predicted molar refractivity (Wildman–Crippen MR) is 64.2 cm³/mol. The molecule has 1 aromatic rings. The van der Waals surface area contributed by atoms with Crippen molar-refractivity contribution in [3.05, 3.63) is 35.1 Å². The summed E-state index contributed by atoms with van der Waals surface area (Å²) in [6.07, 6.45) is -4.39. The number of halogens is 4. The van der Waals surface area contributed by atoms with E-state index in [1.54, 1.807) is 20.8 Å². The first-order valence-corrected chi connectivity index (χ1v) is 5.91. The number of rotatable bonds is 3. The average molecular weight is 276 g/mol. The molecule has 0 aromatic heterocycles. The van der Waals surface area contributed by atoms with E-state index >= 15 is 0 Å². The van der Waals surface area contributed by atoms with Crippen molar-refractivity contribution in [2.45, 2.75) is 39.8 Å². The topological polar surface area (TPSA) is 17.1 Å². The van der Waals surface area contributed by atoms with E-state index in [2.05, 4.69) is 0 Å². The molecule has 0 aliphatic carbocycles. The van der Waals surface area contributed by atoms with Gasteiger partial charge >= 0.3 is 6.18 Å². The van der Waals surface area contributed by atoms with Gasteiger partial charge in [0, 0.05) is 11.8 Å². The monoisotopic (exact) mass is 276 g/mol. The van der Waals surface area contributed by atoms with Gasteiger partial charge in [0.25, 0.3) is 0 Å². The molecule has 0 bridgehead atoms. The molecule has 0 saturated heterocycles. The maximum atomic E-state index is 13.1. The number of aryl methyl sites for hydroxylation is 1. The highest BCUT2D eigenvalue weighted by atomic mass is 19.4. The summed E-state index contributed by atoms with van der Waals surface area (Å²) >= 11 is 0. The maximum Gasteiger partial charge on any atom is 0.419 e. The zero-order chi connectivity index (χ0) is 14.8. The smallest absolute Gasteiger partial charge is 0.299 e. The van der Waals surface area contributed by atoms with Crippen molar-refractivity contribution < 1.29 is 22.4 Å². The van der Waals surface area contributed by atoms with Crippen molar-refractivity contribution in [2.75, 3.05) is 0 Å². The van der Waals surface area contributed by atoms with Crippen LogP contribution in [0, 0.1) is 11.2 Å². The van der Waals surface area contributed by atoms with Crippen LogP contribution in [0.25, 0.3) is 0 Å². The molecule has 0 amide bonds. The molecule has 0 radical (unpaired) electrons. The molecule has 19 heavy (non-hydrogen) atoms. The first kappa shape index (κ1) is 15.7. The third kappa shape index (κ3) is 4.33. The van der Waals surface area contributed by atoms with Gasteiger partial charge in [0.05, 0.1) is 5.56 Å². The van der Waals surface area contributed by atoms with E-state index < -0.39 is 23.0 Å². The third-order valence-electron chi connectivity index (χ3n) is 2.81. The minimum absolute atomic E-state index is 0.0367. The summed E-state index contributed by atoms with van der Waals surface area (Å²) in [5.74, 6) is -1.33. The number of benzene rings is 1. The zero-order valence-corrected chi connectivity index (χ0v) is 11.1. The lowest BCUT2D eigenvalue weighted by molar-refractivity contribution is -0.140. The van der Waals surface area contributed by atoms with Crippen LogP contribution in [-0.4, -0.2) is 5.78 Å². The van der Waals surface area contributed by atoms with E-state index in [1.165, 1.54) is 6.07 Å². The van der Waals surface area contributed by atoms with Crippen LogP contribution in [0.1, 0.15) is 38.3 Å². The molecule has 1 aromatic carbocycles. The van der Waals surface area contributed by atoms with Gasteiger partial charge in [-0.25, -0.2) is 4.39 Å². The largest absolute Gasteiger partial charge is 0.419 e. The fourth-order valence-electron chi connectivity index (χ4n) is 1.58. The SMILES string of the molecule is CC(C)(C)C(=O)CCc1ccc(F)c(C(F)(F)F)c1. The van der Waals surface area contributed by atoms with Crippen LogP contribution < -0.4 is 0 Å². The summed E-state index contributed by atoms with van der Waals surface area (Å²) in [6.45, 7) is 5.25. The quantitative estimate of drug-likeness (QED) is 0.748. The summed E-state index contributed by atoms with van der Waals surface area (Å²) in [6, 6.07) is 2.84. The number of Topliss-reactive ketones (excluding diaryl/α,β-unsaturated/α-hetero) is 1. The highest BCUT2D eigenvalue weighted by Gasteiger charge is 2.34. The Labute approximate surface area is 109 Å². The Morgan fingerprint density at radius 1 is 1.16 bits per heavy atom. The van der Waals surface area contributed by atoms with Crippen molar-refractivity contribution in [1.29, 1.82) is 0 Å². The van der Waals surface area contributed by atoms with E-state index in [4.69, 9.17) is 0 Å². The molecule has 0 unspecified atom stereocenters. The van der Waals surface area contributed by atoms with Gasteiger partial charge in [-0.2, -0.15) is 13.2 Å². The van der Waals surface area contributed by atoms with Crippen LogP contribution in [0.3, 0.4) is 0 Å². The van der Waals surface area contributed by atoms with E-state index in [-0.39, 0.29) is 18.6 Å². The number of hydrogen-bond donors (Lipinski definition) is 0. The summed E-state index contributed by atoms with van der Waals surface area (Å²) in [4.78, 5) is 11.7. The minimum atomic E-state index is -4.71. The second kappa shape index (κ2) is 5.31. The summed E-state index contributed by atoms with van der Waals surface area (Å²) < 4.78 is 50.6. The summed E-state index contributed by atoms with van der Waals surface area (Å²) in [5.41, 5.74) is -1.49. The minimum Gasteiger partial charge on any atom is -0.299 e.